The third kappa shape index (κ3) is 7.73. The molecule has 2 rings (SSSR count). The second-order valence-corrected chi connectivity index (χ2v) is 8.13. The van der Waals surface area contributed by atoms with Crippen LogP contribution < -0.4 is 4.90 Å². The standard InChI is InChI=1S/C24H30N2O12/c1-13(27)34-12-18-20(35-14(2)28)21(36-15(3)29)19(24(33-6)37-18)26(38-16(4)30)23(32)22(31)25(5)17-10-8-7-9-11-17/h7-11,18-21,24H,12H2,1-6H3/t18-,19-,20-,21-,24+/m1/s1. The zero-order valence-electron chi connectivity index (χ0n) is 21.8. The number of carbonyl (C=O) groups excluding carboxylic acids is 6. The third-order valence-corrected chi connectivity index (χ3v) is 5.23. The van der Waals surface area contributed by atoms with Gasteiger partial charge in [-0.05, 0) is 12.1 Å². The number of likely N-dealkylation sites (N-methyl/N-ethyl adjacent to an activating group) is 1. The van der Waals surface area contributed by atoms with Crippen molar-refractivity contribution in [3.63, 3.8) is 0 Å². The lowest BCUT2D eigenvalue weighted by Crippen LogP contribution is -2.68. The zero-order valence-corrected chi connectivity index (χ0v) is 21.8. The first-order chi connectivity index (χ1) is 17.9. The van der Waals surface area contributed by atoms with Gasteiger partial charge < -0.3 is 33.4 Å². The van der Waals surface area contributed by atoms with E-state index in [2.05, 4.69) is 0 Å². The minimum absolute atomic E-state index is 0.354. The lowest BCUT2D eigenvalue weighted by atomic mass is 9.95. The van der Waals surface area contributed by atoms with Gasteiger partial charge in [-0.2, -0.15) is 5.06 Å². The Balaban J connectivity index is 2.57. The molecule has 1 heterocycles. The number of nitrogens with zero attached hydrogens (tertiary/aromatic N) is 2. The van der Waals surface area contributed by atoms with Crippen molar-refractivity contribution in [3.05, 3.63) is 30.3 Å². The predicted molar refractivity (Wildman–Crippen MR) is 126 cm³/mol. The van der Waals surface area contributed by atoms with Crippen LogP contribution in [0, 0.1) is 0 Å². The number of esters is 3. The van der Waals surface area contributed by atoms with E-state index in [-0.39, 0.29) is 0 Å². The minimum atomic E-state index is -1.63. The number of hydrogen-bond acceptors (Lipinski definition) is 12. The number of hydrogen-bond donors (Lipinski definition) is 0. The Kier molecular flexibility index (Phi) is 10.7. The molecule has 1 fully saturated rings. The van der Waals surface area contributed by atoms with E-state index in [4.69, 9.17) is 28.5 Å². The summed E-state index contributed by atoms with van der Waals surface area (Å²) in [5, 5.41) is 0.366. The number of benzene rings is 1. The van der Waals surface area contributed by atoms with Gasteiger partial charge in [-0.3, -0.25) is 28.8 Å². The van der Waals surface area contributed by atoms with Gasteiger partial charge in [0.1, 0.15) is 12.7 Å². The average Bonchev–Trinajstić information content (AvgIpc) is 2.85. The van der Waals surface area contributed by atoms with Crippen molar-refractivity contribution in [2.75, 3.05) is 25.7 Å². The van der Waals surface area contributed by atoms with E-state index in [9.17, 15) is 28.8 Å². The van der Waals surface area contributed by atoms with E-state index in [0.717, 1.165) is 32.6 Å². The molecule has 0 aromatic heterocycles. The average molecular weight is 539 g/mol. The first kappa shape index (κ1) is 30.2. The second kappa shape index (κ2) is 13.5. The normalized spacial score (nSPS) is 22.4. The highest BCUT2D eigenvalue weighted by atomic mass is 16.7. The highest BCUT2D eigenvalue weighted by molar-refractivity contribution is 6.40. The van der Waals surface area contributed by atoms with Gasteiger partial charge >= 0.3 is 35.7 Å². The molecule has 5 atom stereocenters. The molecule has 1 aliphatic rings. The van der Waals surface area contributed by atoms with Crippen molar-refractivity contribution in [1.29, 1.82) is 0 Å². The summed E-state index contributed by atoms with van der Waals surface area (Å²) in [5.41, 5.74) is 0.354. The molecule has 208 valence electrons. The van der Waals surface area contributed by atoms with Gasteiger partial charge in [0.15, 0.2) is 24.5 Å². The van der Waals surface area contributed by atoms with Crippen LogP contribution in [0.1, 0.15) is 27.7 Å². The number of para-hydroxylation sites is 1. The van der Waals surface area contributed by atoms with E-state index < -0.39 is 72.9 Å². The fourth-order valence-corrected chi connectivity index (χ4v) is 3.71. The molecule has 0 saturated carbocycles. The van der Waals surface area contributed by atoms with Gasteiger partial charge in [0.2, 0.25) is 0 Å². The molecule has 0 aliphatic carbocycles. The number of anilines is 1. The molecule has 0 unspecified atom stereocenters. The summed E-state index contributed by atoms with van der Waals surface area (Å²) in [7, 11) is 2.50. The molecule has 2 amide bonds. The number of hydroxylamine groups is 2. The molecule has 38 heavy (non-hydrogen) atoms. The van der Waals surface area contributed by atoms with Crippen molar-refractivity contribution in [1.82, 2.24) is 5.06 Å². The van der Waals surface area contributed by atoms with Crippen molar-refractivity contribution in [2.45, 2.75) is 58.3 Å². The van der Waals surface area contributed by atoms with Crippen LogP contribution in [0.5, 0.6) is 0 Å². The largest absolute Gasteiger partial charge is 0.463 e. The molecule has 14 heteroatoms. The van der Waals surface area contributed by atoms with Gasteiger partial charge in [0.25, 0.3) is 0 Å². The number of carbonyl (C=O) groups is 6. The Morgan fingerprint density at radius 3 is 1.89 bits per heavy atom. The molecular weight excluding hydrogens is 508 g/mol. The smallest absolute Gasteiger partial charge is 0.345 e. The van der Waals surface area contributed by atoms with Crippen molar-refractivity contribution < 1.29 is 57.3 Å². The Bertz CT molecular complexity index is 1050. The van der Waals surface area contributed by atoms with E-state index in [0.29, 0.717) is 10.8 Å². The van der Waals surface area contributed by atoms with Crippen LogP contribution in [0.4, 0.5) is 5.69 Å². The summed E-state index contributed by atoms with van der Waals surface area (Å²) in [6.45, 7) is 3.78. The fourth-order valence-electron chi connectivity index (χ4n) is 3.71. The molecule has 1 aliphatic heterocycles. The Hall–Kier alpha value is -4.04. The maximum Gasteiger partial charge on any atom is 0.345 e. The third-order valence-electron chi connectivity index (χ3n) is 5.23. The maximum absolute atomic E-state index is 13.4. The minimum Gasteiger partial charge on any atom is -0.463 e. The predicted octanol–water partition coefficient (Wildman–Crippen LogP) is 0.123. The van der Waals surface area contributed by atoms with Crippen molar-refractivity contribution in [3.8, 4) is 0 Å². The van der Waals surface area contributed by atoms with Gasteiger partial charge in [0.05, 0.1) is 0 Å². The lowest BCUT2D eigenvalue weighted by Gasteiger charge is -2.46. The molecule has 14 nitrogen and oxygen atoms in total. The van der Waals surface area contributed by atoms with Crippen molar-refractivity contribution in [2.24, 2.45) is 0 Å². The summed E-state index contributed by atoms with van der Waals surface area (Å²) in [4.78, 5) is 80.2. The quantitative estimate of drug-likeness (QED) is 0.200. The van der Waals surface area contributed by atoms with E-state index in [1.165, 1.54) is 14.2 Å². The Morgan fingerprint density at radius 1 is 0.816 bits per heavy atom. The SMILES string of the molecule is CO[C@H]1O[C@H](COC(C)=O)[C@@H](OC(C)=O)[C@H](OC(C)=O)[C@H]1N(OC(C)=O)C(=O)C(=O)N(C)c1ccccc1. The molecule has 0 spiro atoms. The molecule has 1 saturated heterocycles. The molecule has 1 aromatic rings. The molecule has 0 N–H and O–H groups in total. The topological polar surface area (TPSA) is 164 Å². The summed E-state index contributed by atoms with van der Waals surface area (Å²) in [5.74, 6) is -5.86. The van der Waals surface area contributed by atoms with Crippen LogP contribution in [-0.2, 0) is 57.3 Å². The Morgan fingerprint density at radius 2 is 1.39 bits per heavy atom. The van der Waals surface area contributed by atoms with Gasteiger partial charge in [-0.15, -0.1) is 0 Å². The number of methoxy groups -OCH3 is 1. The van der Waals surface area contributed by atoms with Crippen LogP contribution in [0.25, 0.3) is 0 Å². The van der Waals surface area contributed by atoms with E-state index in [1.54, 1.807) is 30.3 Å². The fraction of sp³-hybridized carbons (Fsp3) is 0.500. The second-order valence-electron chi connectivity index (χ2n) is 8.13. The highest BCUT2D eigenvalue weighted by Gasteiger charge is 2.56. The highest BCUT2D eigenvalue weighted by Crippen LogP contribution is 2.31. The Labute approximate surface area is 218 Å². The maximum atomic E-state index is 13.4. The summed E-state index contributed by atoms with van der Waals surface area (Å²) < 4.78 is 26.8. The van der Waals surface area contributed by atoms with Crippen LogP contribution in [-0.4, -0.2) is 92.2 Å². The van der Waals surface area contributed by atoms with Crippen LogP contribution in [0.3, 0.4) is 0 Å². The van der Waals surface area contributed by atoms with Crippen molar-refractivity contribution >= 4 is 41.4 Å². The monoisotopic (exact) mass is 538 g/mol. The molecule has 1 aromatic carbocycles. The molecule has 0 bridgehead atoms. The number of amides is 2. The van der Waals surface area contributed by atoms with Crippen LogP contribution >= 0.6 is 0 Å². The molecular formula is C24H30N2O12. The summed E-state index contributed by atoms with van der Waals surface area (Å²) in [6, 6.07) is 6.51. The summed E-state index contributed by atoms with van der Waals surface area (Å²) >= 11 is 0. The zero-order chi connectivity index (χ0) is 28.6. The number of ether oxygens (including phenoxy) is 5. The van der Waals surface area contributed by atoms with E-state index >= 15 is 0 Å². The van der Waals surface area contributed by atoms with Gasteiger partial charge in [-0.25, -0.2) is 0 Å². The van der Waals surface area contributed by atoms with Crippen LogP contribution in [0.15, 0.2) is 30.3 Å². The molecule has 0 radical (unpaired) electrons. The number of rotatable bonds is 7. The first-order valence-electron chi connectivity index (χ1n) is 11.4. The van der Waals surface area contributed by atoms with Gasteiger partial charge in [-0.1, -0.05) is 18.2 Å². The first-order valence-corrected chi connectivity index (χ1v) is 11.4. The van der Waals surface area contributed by atoms with E-state index in [1.807, 2.05) is 0 Å². The van der Waals surface area contributed by atoms with Crippen LogP contribution in [0.2, 0.25) is 0 Å². The van der Waals surface area contributed by atoms with Gasteiger partial charge in [0, 0.05) is 47.5 Å². The lowest BCUT2D eigenvalue weighted by molar-refractivity contribution is -0.314. The summed E-state index contributed by atoms with van der Waals surface area (Å²) in [6.07, 6.45) is -5.80.